The number of piperidine rings is 1. The van der Waals surface area contributed by atoms with E-state index in [0.29, 0.717) is 32.5 Å². The summed E-state index contributed by atoms with van der Waals surface area (Å²) >= 11 is 0. The van der Waals surface area contributed by atoms with E-state index in [1.54, 1.807) is 0 Å². The Morgan fingerprint density at radius 3 is 2.38 bits per heavy atom. The Morgan fingerprint density at radius 2 is 1.83 bits per heavy atom. The van der Waals surface area contributed by atoms with Gasteiger partial charge in [0.2, 0.25) is 15.9 Å². The van der Waals surface area contributed by atoms with Crippen molar-refractivity contribution in [3.63, 3.8) is 0 Å². The first-order chi connectivity index (χ1) is 11.3. The van der Waals surface area contributed by atoms with Gasteiger partial charge in [0.05, 0.1) is 4.90 Å². The van der Waals surface area contributed by atoms with E-state index in [1.807, 2.05) is 19.0 Å². The van der Waals surface area contributed by atoms with Gasteiger partial charge >= 0.3 is 0 Å². The van der Waals surface area contributed by atoms with Gasteiger partial charge < -0.3 is 10.2 Å². The topological polar surface area (TPSA) is 69.7 Å². The zero-order valence-corrected chi connectivity index (χ0v) is 14.9. The van der Waals surface area contributed by atoms with Crippen LogP contribution in [-0.2, 0) is 14.8 Å². The molecule has 1 fully saturated rings. The fourth-order valence-corrected chi connectivity index (χ4v) is 4.13. The Balaban J connectivity index is 1.90. The first-order valence-corrected chi connectivity index (χ1v) is 9.43. The number of rotatable bonds is 6. The monoisotopic (exact) mass is 357 g/mol. The maximum atomic E-state index is 13.0. The summed E-state index contributed by atoms with van der Waals surface area (Å²) in [5.74, 6) is -0.649. The molecule has 0 bridgehead atoms. The lowest BCUT2D eigenvalue weighted by atomic mass is 9.97. The Labute approximate surface area is 142 Å². The maximum absolute atomic E-state index is 13.0. The maximum Gasteiger partial charge on any atom is 0.243 e. The summed E-state index contributed by atoms with van der Waals surface area (Å²) in [5.41, 5.74) is 0. The van der Waals surface area contributed by atoms with Gasteiger partial charge in [0, 0.05) is 32.1 Å². The quantitative estimate of drug-likeness (QED) is 0.821. The highest BCUT2D eigenvalue weighted by Crippen LogP contribution is 2.24. The van der Waals surface area contributed by atoms with Crippen LogP contribution in [0.4, 0.5) is 4.39 Å². The van der Waals surface area contributed by atoms with E-state index in [9.17, 15) is 17.6 Å². The van der Waals surface area contributed by atoms with Crippen molar-refractivity contribution in [1.29, 1.82) is 0 Å². The van der Waals surface area contributed by atoms with Crippen LogP contribution in [0.3, 0.4) is 0 Å². The van der Waals surface area contributed by atoms with Crippen molar-refractivity contribution in [3.8, 4) is 0 Å². The molecule has 1 heterocycles. The van der Waals surface area contributed by atoms with Crippen LogP contribution >= 0.6 is 0 Å². The van der Waals surface area contributed by atoms with Crippen molar-refractivity contribution < 1.29 is 17.6 Å². The van der Waals surface area contributed by atoms with Crippen LogP contribution in [0.15, 0.2) is 29.2 Å². The number of halogens is 1. The van der Waals surface area contributed by atoms with Crippen molar-refractivity contribution in [2.24, 2.45) is 5.92 Å². The molecule has 1 N–H and O–H groups in total. The molecular formula is C16H24FN3O3S. The number of sulfonamides is 1. The van der Waals surface area contributed by atoms with E-state index in [-0.39, 0.29) is 16.7 Å². The van der Waals surface area contributed by atoms with E-state index in [0.717, 1.165) is 18.7 Å². The van der Waals surface area contributed by atoms with Gasteiger partial charge in [-0.15, -0.1) is 0 Å². The molecule has 2 rings (SSSR count). The van der Waals surface area contributed by atoms with Gasteiger partial charge in [-0.05, 0) is 51.2 Å². The Kier molecular flexibility index (Phi) is 6.31. The van der Waals surface area contributed by atoms with E-state index in [1.165, 1.54) is 16.4 Å². The predicted octanol–water partition coefficient (Wildman–Crippen LogP) is 0.904. The summed E-state index contributed by atoms with van der Waals surface area (Å²) in [6.07, 6.45) is 0.989. The van der Waals surface area contributed by atoms with Crippen LogP contribution in [-0.4, -0.2) is 63.8 Å². The molecular weight excluding hydrogens is 333 g/mol. The Morgan fingerprint density at radius 1 is 1.25 bits per heavy atom. The van der Waals surface area contributed by atoms with Gasteiger partial charge in [-0.2, -0.15) is 4.31 Å². The molecule has 0 unspecified atom stereocenters. The second-order valence-electron chi connectivity index (χ2n) is 6.23. The van der Waals surface area contributed by atoms with Crippen molar-refractivity contribution in [2.45, 2.75) is 17.7 Å². The molecule has 0 radical (unpaired) electrons. The van der Waals surface area contributed by atoms with Crippen LogP contribution in [0, 0.1) is 11.7 Å². The molecule has 0 saturated carbocycles. The first-order valence-electron chi connectivity index (χ1n) is 7.99. The fraction of sp³-hybridized carbons (Fsp3) is 0.562. The molecule has 134 valence electrons. The van der Waals surface area contributed by atoms with Gasteiger partial charge in [-0.1, -0.05) is 0 Å². The number of hydrogen-bond acceptors (Lipinski definition) is 4. The summed E-state index contributed by atoms with van der Waals surface area (Å²) in [6, 6.07) is 4.81. The number of nitrogens with zero attached hydrogens (tertiary/aromatic N) is 2. The molecule has 1 aromatic carbocycles. The minimum atomic E-state index is -3.63. The minimum absolute atomic E-state index is 0.0179. The normalized spacial score (nSPS) is 17.2. The average Bonchev–Trinajstić information content (AvgIpc) is 2.55. The molecule has 0 spiro atoms. The van der Waals surface area contributed by atoms with Gasteiger partial charge in [-0.25, -0.2) is 12.8 Å². The van der Waals surface area contributed by atoms with Crippen molar-refractivity contribution in [1.82, 2.24) is 14.5 Å². The Bertz CT molecular complexity index is 654. The molecule has 0 atom stereocenters. The molecule has 1 aliphatic heterocycles. The molecule has 24 heavy (non-hydrogen) atoms. The van der Waals surface area contributed by atoms with Crippen LogP contribution in [0.25, 0.3) is 0 Å². The third kappa shape index (κ3) is 4.75. The molecule has 1 aromatic rings. The number of carbonyl (C=O) groups is 1. The lowest BCUT2D eigenvalue weighted by molar-refractivity contribution is -0.126. The van der Waals surface area contributed by atoms with Gasteiger partial charge in [0.1, 0.15) is 5.82 Å². The van der Waals surface area contributed by atoms with Gasteiger partial charge in [-0.3, -0.25) is 4.79 Å². The number of benzene rings is 1. The summed E-state index contributed by atoms with van der Waals surface area (Å²) in [4.78, 5) is 14.2. The van der Waals surface area contributed by atoms with Crippen LogP contribution in [0.2, 0.25) is 0 Å². The average molecular weight is 357 g/mol. The van der Waals surface area contributed by atoms with Gasteiger partial charge in [0.15, 0.2) is 0 Å². The number of likely N-dealkylation sites (N-methyl/N-ethyl adjacent to an activating group) is 1. The molecule has 0 aromatic heterocycles. The largest absolute Gasteiger partial charge is 0.355 e. The summed E-state index contributed by atoms with van der Waals surface area (Å²) < 4.78 is 39.4. The zero-order valence-electron chi connectivity index (χ0n) is 14.0. The van der Waals surface area contributed by atoms with Gasteiger partial charge in [0.25, 0.3) is 0 Å². The summed E-state index contributed by atoms with van der Waals surface area (Å²) in [5, 5.41) is 2.88. The predicted molar refractivity (Wildman–Crippen MR) is 89.4 cm³/mol. The molecule has 1 aliphatic rings. The Hall–Kier alpha value is -1.51. The molecule has 0 aliphatic carbocycles. The minimum Gasteiger partial charge on any atom is -0.355 e. The van der Waals surface area contributed by atoms with Crippen LogP contribution in [0.1, 0.15) is 12.8 Å². The highest BCUT2D eigenvalue weighted by Gasteiger charge is 2.31. The molecule has 1 saturated heterocycles. The van der Waals surface area contributed by atoms with E-state index in [2.05, 4.69) is 5.32 Å². The SMILES string of the molecule is CN(C)CCNC(=O)C1CCN(S(=O)(=O)c2ccc(F)cc2)CC1. The lowest BCUT2D eigenvalue weighted by Crippen LogP contribution is -2.43. The number of nitrogens with one attached hydrogen (secondary N) is 1. The first kappa shape index (κ1) is 18.8. The summed E-state index contributed by atoms with van der Waals surface area (Å²) in [6.45, 7) is 1.94. The standard InChI is InChI=1S/C16H24FN3O3S/c1-19(2)12-9-18-16(21)13-7-10-20(11-8-13)24(22,23)15-5-3-14(17)4-6-15/h3-6,13H,7-12H2,1-2H3,(H,18,21). The summed E-state index contributed by atoms with van der Waals surface area (Å²) in [7, 11) is 0.243. The number of carbonyl (C=O) groups excluding carboxylic acids is 1. The smallest absolute Gasteiger partial charge is 0.243 e. The van der Waals surface area contributed by atoms with Crippen LogP contribution < -0.4 is 5.32 Å². The molecule has 8 heteroatoms. The highest BCUT2D eigenvalue weighted by atomic mass is 32.2. The third-order valence-corrected chi connectivity index (χ3v) is 6.05. The number of hydrogen-bond donors (Lipinski definition) is 1. The second kappa shape index (κ2) is 8.04. The van der Waals surface area contributed by atoms with E-state index in [4.69, 9.17) is 0 Å². The van der Waals surface area contributed by atoms with Crippen molar-refractivity contribution in [3.05, 3.63) is 30.1 Å². The second-order valence-corrected chi connectivity index (χ2v) is 8.16. The van der Waals surface area contributed by atoms with Crippen molar-refractivity contribution >= 4 is 15.9 Å². The van der Waals surface area contributed by atoms with E-state index < -0.39 is 15.8 Å². The van der Waals surface area contributed by atoms with E-state index >= 15 is 0 Å². The lowest BCUT2D eigenvalue weighted by Gasteiger charge is -2.30. The number of amides is 1. The third-order valence-electron chi connectivity index (χ3n) is 4.13. The molecule has 6 nitrogen and oxygen atoms in total. The molecule has 1 amide bonds. The highest BCUT2D eigenvalue weighted by molar-refractivity contribution is 7.89. The van der Waals surface area contributed by atoms with Crippen LogP contribution in [0.5, 0.6) is 0 Å². The fourth-order valence-electron chi connectivity index (χ4n) is 2.66. The zero-order chi connectivity index (χ0) is 17.7. The van der Waals surface area contributed by atoms with Crippen molar-refractivity contribution in [2.75, 3.05) is 40.3 Å².